The number of aliphatic hydroxyl groups is 1. The molecule has 0 atom stereocenters. The van der Waals surface area contributed by atoms with E-state index in [9.17, 15) is 5.11 Å². The predicted octanol–water partition coefficient (Wildman–Crippen LogP) is 3.24. The molecule has 0 unspecified atom stereocenters. The van der Waals surface area contributed by atoms with Crippen molar-refractivity contribution in [1.29, 1.82) is 0 Å². The second-order valence-electron chi connectivity index (χ2n) is 5.33. The van der Waals surface area contributed by atoms with Crippen LogP contribution in [-0.2, 0) is 12.8 Å². The summed E-state index contributed by atoms with van der Waals surface area (Å²) in [6.07, 6.45) is 2.07. The largest absolute Gasteiger partial charge is 0.396 e. The molecule has 0 saturated carbocycles. The quantitative estimate of drug-likeness (QED) is 0.793. The van der Waals surface area contributed by atoms with Gasteiger partial charge in [0.1, 0.15) is 0 Å². The highest BCUT2D eigenvalue weighted by Crippen LogP contribution is 2.24. The average molecular weight is 235 g/mol. The number of hydrogen-bond acceptors (Lipinski definition) is 2. The van der Waals surface area contributed by atoms with Gasteiger partial charge in [-0.3, -0.25) is 0 Å². The molecular formula is C15H25NO. The van der Waals surface area contributed by atoms with Crippen LogP contribution in [-0.4, -0.2) is 18.3 Å². The van der Waals surface area contributed by atoms with Crippen molar-refractivity contribution >= 4 is 5.69 Å². The number of aliphatic hydroxyl groups excluding tert-OH is 1. The Morgan fingerprint density at radius 3 is 2.06 bits per heavy atom. The van der Waals surface area contributed by atoms with E-state index in [2.05, 4.69) is 51.2 Å². The predicted molar refractivity (Wildman–Crippen MR) is 74.6 cm³/mol. The molecule has 0 aliphatic carbocycles. The molecule has 0 saturated heterocycles. The minimum atomic E-state index is -0.0775. The normalized spacial score (nSPS) is 11.6. The second kappa shape index (κ2) is 6.06. The van der Waals surface area contributed by atoms with E-state index in [1.54, 1.807) is 0 Å². The van der Waals surface area contributed by atoms with Crippen molar-refractivity contribution in [1.82, 2.24) is 0 Å². The summed E-state index contributed by atoms with van der Waals surface area (Å²) in [6.45, 7) is 9.50. The zero-order chi connectivity index (χ0) is 12.9. The van der Waals surface area contributed by atoms with E-state index < -0.39 is 0 Å². The Balaban J connectivity index is 2.88. The molecule has 1 aromatic carbocycles. The van der Waals surface area contributed by atoms with E-state index >= 15 is 0 Å². The number of benzene rings is 1. The summed E-state index contributed by atoms with van der Waals surface area (Å²) in [5, 5.41) is 12.8. The molecule has 96 valence electrons. The van der Waals surface area contributed by atoms with Gasteiger partial charge in [0.2, 0.25) is 0 Å². The van der Waals surface area contributed by atoms with Gasteiger partial charge in [-0.25, -0.2) is 0 Å². The van der Waals surface area contributed by atoms with Crippen LogP contribution in [0.5, 0.6) is 0 Å². The minimum absolute atomic E-state index is 0.0775. The SMILES string of the molecule is CCc1cccc(CC)c1NCC(C)(C)CO. The first-order chi connectivity index (χ1) is 8.04. The minimum Gasteiger partial charge on any atom is -0.396 e. The molecule has 0 heterocycles. The standard InChI is InChI=1S/C15H25NO/c1-5-12-8-7-9-13(6-2)14(12)16-10-15(3,4)11-17/h7-9,16-17H,5-6,10-11H2,1-4H3. The molecule has 2 nitrogen and oxygen atoms in total. The van der Waals surface area contributed by atoms with Gasteiger partial charge in [0, 0.05) is 24.3 Å². The van der Waals surface area contributed by atoms with E-state index in [1.807, 2.05) is 0 Å². The third kappa shape index (κ3) is 3.74. The number of para-hydroxylation sites is 1. The van der Waals surface area contributed by atoms with Crippen molar-refractivity contribution in [3.63, 3.8) is 0 Å². The smallest absolute Gasteiger partial charge is 0.0498 e. The zero-order valence-corrected chi connectivity index (χ0v) is 11.5. The molecule has 17 heavy (non-hydrogen) atoms. The van der Waals surface area contributed by atoms with Crippen molar-refractivity contribution in [3.05, 3.63) is 29.3 Å². The summed E-state index contributed by atoms with van der Waals surface area (Å²) < 4.78 is 0. The molecule has 0 amide bonds. The van der Waals surface area contributed by atoms with Crippen molar-refractivity contribution in [3.8, 4) is 0 Å². The number of anilines is 1. The Hall–Kier alpha value is -1.02. The first-order valence-electron chi connectivity index (χ1n) is 6.49. The highest BCUT2D eigenvalue weighted by Gasteiger charge is 2.17. The van der Waals surface area contributed by atoms with Crippen molar-refractivity contribution in [2.45, 2.75) is 40.5 Å². The second-order valence-corrected chi connectivity index (χ2v) is 5.33. The monoisotopic (exact) mass is 235 g/mol. The summed E-state index contributed by atoms with van der Waals surface area (Å²) in [6, 6.07) is 6.47. The van der Waals surface area contributed by atoms with E-state index in [0.717, 1.165) is 19.4 Å². The van der Waals surface area contributed by atoms with Crippen LogP contribution in [0.2, 0.25) is 0 Å². The van der Waals surface area contributed by atoms with Gasteiger partial charge in [0.25, 0.3) is 0 Å². The molecule has 0 aromatic heterocycles. The van der Waals surface area contributed by atoms with Crippen LogP contribution in [0.25, 0.3) is 0 Å². The van der Waals surface area contributed by atoms with Gasteiger partial charge in [-0.2, -0.15) is 0 Å². The Labute approximate surface area is 105 Å². The van der Waals surface area contributed by atoms with Crippen molar-refractivity contribution in [2.24, 2.45) is 5.41 Å². The van der Waals surface area contributed by atoms with Gasteiger partial charge in [0.05, 0.1) is 0 Å². The Bertz CT molecular complexity index is 336. The highest BCUT2D eigenvalue weighted by molar-refractivity contribution is 5.58. The summed E-state index contributed by atoms with van der Waals surface area (Å²) in [5.74, 6) is 0. The van der Waals surface area contributed by atoms with Crippen LogP contribution in [0.15, 0.2) is 18.2 Å². The van der Waals surface area contributed by atoms with E-state index in [0.29, 0.717) is 0 Å². The van der Waals surface area contributed by atoms with Gasteiger partial charge in [-0.1, -0.05) is 45.9 Å². The molecule has 0 radical (unpaired) electrons. The van der Waals surface area contributed by atoms with E-state index in [1.165, 1.54) is 16.8 Å². The molecule has 0 fully saturated rings. The Morgan fingerprint density at radius 1 is 1.12 bits per heavy atom. The van der Waals surface area contributed by atoms with E-state index in [-0.39, 0.29) is 12.0 Å². The Morgan fingerprint density at radius 2 is 1.65 bits per heavy atom. The average Bonchev–Trinajstić information content (AvgIpc) is 2.35. The van der Waals surface area contributed by atoms with Crippen LogP contribution in [0.1, 0.15) is 38.8 Å². The lowest BCUT2D eigenvalue weighted by atomic mass is 9.94. The number of hydrogen-bond donors (Lipinski definition) is 2. The molecule has 0 aliphatic heterocycles. The number of aryl methyl sites for hydroxylation is 2. The van der Waals surface area contributed by atoms with E-state index in [4.69, 9.17) is 0 Å². The number of rotatable bonds is 6. The lowest BCUT2D eigenvalue weighted by Crippen LogP contribution is -2.27. The molecular weight excluding hydrogens is 210 g/mol. The van der Waals surface area contributed by atoms with Crippen LogP contribution in [0, 0.1) is 5.41 Å². The summed E-state index contributed by atoms with van der Waals surface area (Å²) in [7, 11) is 0. The van der Waals surface area contributed by atoms with Crippen LogP contribution in [0.4, 0.5) is 5.69 Å². The molecule has 0 bridgehead atoms. The third-order valence-corrected chi connectivity index (χ3v) is 3.17. The van der Waals surface area contributed by atoms with Gasteiger partial charge in [-0.05, 0) is 24.0 Å². The van der Waals surface area contributed by atoms with Crippen LogP contribution in [0.3, 0.4) is 0 Å². The molecule has 0 spiro atoms. The first kappa shape index (κ1) is 14.0. The molecule has 1 aromatic rings. The summed E-state index contributed by atoms with van der Waals surface area (Å²) in [5.41, 5.74) is 3.90. The zero-order valence-electron chi connectivity index (χ0n) is 11.5. The third-order valence-electron chi connectivity index (χ3n) is 3.17. The highest BCUT2D eigenvalue weighted by atomic mass is 16.3. The molecule has 1 rings (SSSR count). The lowest BCUT2D eigenvalue weighted by Gasteiger charge is -2.25. The maximum absolute atomic E-state index is 9.29. The lowest BCUT2D eigenvalue weighted by molar-refractivity contribution is 0.171. The van der Waals surface area contributed by atoms with Crippen LogP contribution >= 0.6 is 0 Å². The topological polar surface area (TPSA) is 32.3 Å². The van der Waals surface area contributed by atoms with Crippen molar-refractivity contribution in [2.75, 3.05) is 18.5 Å². The summed E-state index contributed by atoms with van der Waals surface area (Å²) in [4.78, 5) is 0. The van der Waals surface area contributed by atoms with Gasteiger partial charge in [-0.15, -0.1) is 0 Å². The fourth-order valence-electron chi connectivity index (χ4n) is 1.85. The molecule has 2 heteroatoms. The van der Waals surface area contributed by atoms with Gasteiger partial charge >= 0.3 is 0 Å². The summed E-state index contributed by atoms with van der Waals surface area (Å²) >= 11 is 0. The number of nitrogens with one attached hydrogen (secondary N) is 1. The fourth-order valence-corrected chi connectivity index (χ4v) is 1.85. The fraction of sp³-hybridized carbons (Fsp3) is 0.600. The van der Waals surface area contributed by atoms with Gasteiger partial charge in [0.15, 0.2) is 0 Å². The maximum atomic E-state index is 9.29. The molecule has 0 aliphatic rings. The first-order valence-corrected chi connectivity index (χ1v) is 6.49. The maximum Gasteiger partial charge on any atom is 0.0498 e. The molecule has 2 N–H and O–H groups in total. The van der Waals surface area contributed by atoms with Gasteiger partial charge < -0.3 is 10.4 Å². The Kier molecular flexibility index (Phi) is 5.01. The van der Waals surface area contributed by atoms with Crippen LogP contribution < -0.4 is 5.32 Å². The van der Waals surface area contributed by atoms with Crippen molar-refractivity contribution < 1.29 is 5.11 Å².